The van der Waals surface area contributed by atoms with Gasteiger partial charge in [-0.2, -0.15) is 5.10 Å². The Hall–Kier alpha value is -3.79. The number of anilines is 1. The van der Waals surface area contributed by atoms with Gasteiger partial charge >= 0.3 is 0 Å². The third kappa shape index (κ3) is 5.07. The molecule has 0 aliphatic rings. The second kappa shape index (κ2) is 9.60. The van der Waals surface area contributed by atoms with Crippen molar-refractivity contribution in [3.63, 3.8) is 0 Å². The van der Waals surface area contributed by atoms with Crippen LogP contribution in [0.1, 0.15) is 33.1 Å². The van der Waals surface area contributed by atoms with Crippen LogP contribution in [0.4, 0.5) is 19.0 Å². The molecule has 1 N–H and O–H groups in total. The molecule has 0 saturated heterocycles. The highest BCUT2D eigenvalue weighted by Gasteiger charge is 2.22. The minimum atomic E-state index is -0.873. The number of aryl methyl sites for hydroxylation is 2. The van der Waals surface area contributed by atoms with Crippen molar-refractivity contribution >= 4 is 23.3 Å². The molecule has 2 aromatic carbocycles. The van der Waals surface area contributed by atoms with E-state index in [2.05, 4.69) is 15.6 Å². The van der Waals surface area contributed by atoms with Gasteiger partial charge in [-0.25, -0.2) is 13.2 Å². The number of nitrogens with one attached hydrogen (secondary N) is 1. The molecule has 0 spiro atoms. The number of aromatic nitrogens is 3. The number of nitrogens with zero attached hydrogens (tertiary/aromatic N) is 3. The number of carbonyl (C=O) groups is 1. The zero-order chi connectivity index (χ0) is 24.4. The van der Waals surface area contributed by atoms with E-state index in [1.54, 1.807) is 30.7 Å². The van der Waals surface area contributed by atoms with Gasteiger partial charge in [-0.1, -0.05) is 22.8 Å². The Labute approximate surface area is 197 Å². The summed E-state index contributed by atoms with van der Waals surface area (Å²) < 4.78 is 52.3. The molecule has 0 aliphatic heterocycles. The van der Waals surface area contributed by atoms with Crippen LogP contribution in [0.2, 0.25) is 5.02 Å². The van der Waals surface area contributed by atoms with E-state index < -0.39 is 23.4 Å². The minimum absolute atomic E-state index is 0.0613. The van der Waals surface area contributed by atoms with Crippen LogP contribution in [0.3, 0.4) is 0 Å². The van der Waals surface area contributed by atoms with Crippen LogP contribution in [-0.4, -0.2) is 20.8 Å². The number of carbonyl (C=O) groups excluding carboxylic acids is 1. The van der Waals surface area contributed by atoms with E-state index in [0.717, 1.165) is 17.8 Å². The largest absolute Gasteiger partial charge is 0.486 e. The van der Waals surface area contributed by atoms with Crippen LogP contribution in [0.25, 0.3) is 0 Å². The number of hydrogen-bond acceptors (Lipinski definition) is 5. The Morgan fingerprint density at radius 2 is 1.85 bits per heavy atom. The summed E-state index contributed by atoms with van der Waals surface area (Å²) in [5, 5.41) is 11.0. The molecule has 0 fully saturated rings. The maximum Gasteiger partial charge on any atom is 0.279 e. The van der Waals surface area contributed by atoms with Gasteiger partial charge in [0.15, 0.2) is 23.1 Å². The molecule has 34 heavy (non-hydrogen) atoms. The number of amides is 1. The average Bonchev–Trinajstić information content (AvgIpc) is 3.31. The Balaban J connectivity index is 1.47. The lowest BCUT2D eigenvalue weighted by Gasteiger charge is -2.08. The molecule has 0 atom stereocenters. The van der Waals surface area contributed by atoms with Crippen molar-refractivity contribution in [3.05, 3.63) is 93.2 Å². The van der Waals surface area contributed by atoms with Gasteiger partial charge < -0.3 is 14.6 Å². The molecule has 7 nitrogen and oxygen atoms in total. The van der Waals surface area contributed by atoms with E-state index >= 15 is 0 Å². The summed E-state index contributed by atoms with van der Waals surface area (Å²) in [6.45, 7) is 3.41. The molecule has 2 aromatic heterocycles. The van der Waals surface area contributed by atoms with E-state index in [9.17, 15) is 18.0 Å². The summed E-state index contributed by atoms with van der Waals surface area (Å²) in [7, 11) is 0. The van der Waals surface area contributed by atoms with Crippen molar-refractivity contribution in [1.82, 2.24) is 14.9 Å². The molecule has 4 rings (SSSR count). The predicted molar refractivity (Wildman–Crippen MR) is 117 cm³/mol. The fourth-order valence-corrected chi connectivity index (χ4v) is 3.43. The van der Waals surface area contributed by atoms with Gasteiger partial charge in [0.05, 0.1) is 12.1 Å². The maximum absolute atomic E-state index is 13.8. The lowest BCUT2D eigenvalue weighted by Crippen LogP contribution is -2.16. The second-order valence-electron chi connectivity index (χ2n) is 7.45. The van der Waals surface area contributed by atoms with Gasteiger partial charge in [0, 0.05) is 22.8 Å². The van der Waals surface area contributed by atoms with Gasteiger partial charge in [0.1, 0.15) is 24.0 Å². The predicted octanol–water partition coefficient (Wildman–Crippen LogP) is 5.44. The first kappa shape index (κ1) is 23.4. The number of halogens is 4. The lowest BCUT2D eigenvalue weighted by molar-refractivity contribution is 0.101. The lowest BCUT2D eigenvalue weighted by atomic mass is 10.2. The van der Waals surface area contributed by atoms with Gasteiger partial charge in [-0.3, -0.25) is 9.48 Å². The molecule has 176 valence electrons. The van der Waals surface area contributed by atoms with Gasteiger partial charge in [-0.05, 0) is 43.7 Å². The minimum Gasteiger partial charge on any atom is -0.486 e. The van der Waals surface area contributed by atoms with Crippen LogP contribution >= 0.6 is 11.6 Å². The molecule has 0 bridgehead atoms. The molecule has 0 radical (unpaired) electrons. The fourth-order valence-electron chi connectivity index (χ4n) is 3.20. The third-order valence-electron chi connectivity index (χ3n) is 5.02. The molecular formula is C23H18ClF3N4O3. The van der Waals surface area contributed by atoms with Crippen LogP contribution in [0.15, 0.2) is 47.0 Å². The first-order valence-electron chi connectivity index (χ1n) is 10.0. The SMILES string of the molecule is Cc1onc(C(=O)Nc2cc(C)n(Cc3ccc(F)cc3Cl)n2)c1COc1ccc(F)cc1F. The molecule has 0 saturated carbocycles. The molecule has 11 heteroatoms. The normalized spacial score (nSPS) is 11.0. The molecular weight excluding hydrogens is 473 g/mol. The zero-order valence-corrected chi connectivity index (χ0v) is 18.8. The van der Waals surface area contributed by atoms with Crippen molar-refractivity contribution in [2.75, 3.05) is 5.32 Å². The number of ether oxygens (including phenoxy) is 1. The molecule has 2 heterocycles. The van der Waals surface area contributed by atoms with E-state index in [4.69, 9.17) is 20.9 Å². The Bertz CT molecular complexity index is 1370. The van der Waals surface area contributed by atoms with Crippen LogP contribution in [0.5, 0.6) is 5.75 Å². The van der Waals surface area contributed by atoms with E-state index in [1.165, 1.54) is 12.1 Å². The first-order valence-corrected chi connectivity index (χ1v) is 10.4. The number of benzene rings is 2. The monoisotopic (exact) mass is 490 g/mol. The van der Waals surface area contributed by atoms with E-state index in [1.807, 2.05) is 0 Å². The highest BCUT2D eigenvalue weighted by molar-refractivity contribution is 6.31. The van der Waals surface area contributed by atoms with Gasteiger partial charge in [0.25, 0.3) is 5.91 Å². The molecule has 1 amide bonds. The molecule has 0 aliphatic carbocycles. The smallest absolute Gasteiger partial charge is 0.279 e. The van der Waals surface area contributed by atoms with Crippen molar-refractivity contribution in [2.45, 2.75) is 27.0 Å². The first-order chi connectivity index (χ1) is 16.2. The van der Waals surface area contributed by atoms with Crippen molar-refractivity contribution in [1.29, 1.82) is 0 Å². The van der Waals surface area contributed by atoms with E-state index in [0.29, 0.717) is 23.0 Å². The topological polar surface area (TPSA) is 82.2 Å². The number of rotatable bonds is 7. The highest BCUT2D eigenvalue weighted by atomic mass is 35.5. The van der Waals surface area contributed by atoms with Crippen LogP contribution in [0, 0.1) is 31.3 Å². The molecule has 0 unspecified atom stereocenters. The summed E-state index contributed by atoms with van der Waals surface area (Å²) in [6.07, 6.45) is 0. The van der Waals surface area contributed by atoms with Crippen molar-refractivity contribution in [3.8, 4) is 5.75 Å². The van der Waals surface area contributed by atoms with Gasteiger partial charge in [0.2, 0.25) is 0 Å². The number of hydrogen-bond donors (Lipinski definition) is 1. The van der Waals surface area contributed by atoms with Gasteiger partial charge in [-0.15, -0.1) is 0 Å². The zero-order valence-electron chi connectivity index (χ0n) is 18.0. The second-order valence-corrected chi connectivity index (χ2v) is 7.86. The summed E-state index contributed by atoms with van der Waals surface area (Å²) in [5.74, 6) is -2.28. The highest BCUT2D eigenvalue weighted by Crippen LogP contribution is 2.23. The Kier molecular flexibility index (Phi) is 6.60. The van der Waals surface area contributed by atoms with Crippen LogP contribution < -0.4 is 10.1 Å². The maximum atomic E-state index is 13.8. The summed E-state index contributed by atoms with van der Waals surface area (Å²) in [6, 6.07) is 8.63. The fraction of sp³-hybridized carbons (Fsp3) is 0.174. The van der Waals surface area contributed by atoms with Crippen molar-refractivity contribution < 1.29 is 27.2 Å². The third-order valence-corrected chi connectivity index (χ3v) is 5.38. The van der Waals surface area contributed by atoms with Crippen molar-refractivity contribution in [2.24, 2.45) is 0 Å². The summed E-state index contributed by atoms with van der Waals surface area (Å²) in [5.41, 5.74) is 1.62. The standard InChI is InChI=1S/C23H18ClF3N4O3/c1-12-7-21(29-31(12)10-14-3-4-15(25)8-18(14)24)28-23(32)22-17(13(2)34-30-22)11-33-20-6-5-16(26)9-19(20)27/h3-9H,10-11H2,1-2H3,(H,28,29,32). The molecule has 4 aromatic rings. The summed E-state index contributed by atoms with van der Waals surface area (Å²) in [4.78, 5) is 12.8. The quantitative estimate of drug-likeness (QED) is 0.373. The van der Waals surface area contributed by atoms with E-state index in [-0.39, 0.29) is 35.4 Å². The summed E-state index contributed by atoms with van der Waals surface area (Å²) >= 11 is 6.09. The Morgan fingerprint density at radius 3 is 2.59 bits per heavy atom. The Morgan fingerprint density at radius 1 is 1.12 bits per heavy atom. The average molecular weight is 491 g/mol. The van der Waals surface area contributed by atoms with Crippen LogP contribution in [-0.2, 0) is 13.2 Å².